The third-order valence-electron chi connectivity index (χ3n) is 4.42. The van der Waals surface area contributed by atoms with Gasteiger partial charge in [0.1, 0.15) is 0 Å². The van der Waals surface area contributed by atoms with Crippen molar-refractivity contribution in [1.29, 1.82) is 0 Å². The molecule has 3 nitrogen and oxygen atoms in total. The summed E-state index contributed by atoms with van der Waals surface area (Å²) in [6, 6.07) is 16.3. The number of fused-ring (bicyclic) bond motifs is 1. The molecule has 114 valence electrons. The second kappa shape index (κ2) is 5.84. The molecule has 0 bridgehead atoms. The van der Waals surface area contributed by atoms with E-state index in [2.05, 4.69) is 24.8 Å². The molecule has 1 heterocycles. The third kappa shape index (κ3) is 2.37. The summed E-state index contributed by atoms with van der Waals surface area (Å²) in [4.78, 5) is 17.3. The van der Waals surface area contributed by atoms with Crippen molar-refractivity contribution >= 4 is 17.3 Å². The SMILES string of the molecule is CCN1c2ccccc2N(C(=O)c2ccccc2C)CC1C. The number of likely N-dealkylation sites (N-methyl/N-ethyl adjacent to an activating group) is 1. The van der Waals surface area contributed by atoms with Crippen LogP contribution in [-0.2, 0) is 0 Å². The molecule has 0 radical (unpaired) electrons. The summed E-state index contributed by atoms with van der Waals surface area (Å²) >= 11 is 0. The molecule has 1 amide bonds. The minimum Gasteiger partial charge on any atom is -0.366 e. The number of para-hydroxylation sites is 2. The summed E-state index contributed by atoms with van der Waals surface area (Å²) in [7, 11) is 0. The van der Waals surface area contributed by atoms with Gasteiger partial charge >= 0.3 is 0 Å². The monoisotopic (exact) mass is 294 g/mol. The fourth-order valence-corrected chi connectivity index (χ4v) is 3.27. The number of hydrogen-bond acceptors (Lipinski definition) is 2. The van der Waals surface area contributed by atoms with Crippen LogP contribution in [0.3, 0.4) is 0 Å². The molecular formula is C19H22N2O. The summed E-state index contributed by atoms with van der Waals surface area (Å²) < 4.78 is 0. The summed E-state index contributed by atoms with van der Waals surface area (Å²) in [6.07, 6.45) is 0. The molecule has 0 saturated carbocycles. The number of amides is 1. The molecule has 0 spiro atoms. The Hall–Kier alpha value is -2.29. The zero-order valence-electron chi connectivity index (χ0n) is 13.4. The number of rotatable bonds is 2. The fraction of sp³-hybridized carbons (Fsp3) is 0.316. The molecule has 1 aliphatic rings. The zero-order chi connectivity index (χ0) is 15.7. The Morgan fingerprint density at radius 3 is 2.41 bits per heavy atom. The highest BCUT2D eigenvalue weighted by atomic mass is 16.2. The molecule has 2 aromatic rings. The van der Waals surface area contributed by atoms with Crippen LogP contribution in [0, 0.1) is 6.92 Å². The Bertz CT molecular complexity index is 695. The van der Waals surface area contributed by atoms with Crippen LogP contribution in [0.2, 0.25) is 0 Å². The Balaban J connectivity index is 2.05. The second-order valence-electron chi connectivity index (χ2n) is 5.85. The van der Waals surface area contributed by atoms with Crippen LogP contribution < -0.4 is 9.80 Å². The van der Waals surface area contributed by atoms with Gasteiger partial charge in [0.2, 0.25) is 0 Å². The van der Waals surface area contributed by atoms with Crippen LogP contribution in [0.4, 0.5) is 11.4 Å². The quantitative estimate of drug-likeness (QED) is 0.839. The van der Waals surface area contributed by atoms with Gasteiger partial charge in [0.25, 0.3) is 5.91 Å². The topological polar surface area (TPSA) is 23.6 Å². The smallest absolute Gasteiger partial charge is 0.258 e. The van der Waals surface area contributed by atoms with E-state index in [1.54, 1.807) is 0 Å². The van der Waals surface area contributed by atoms with E-state index in [1.165, 1.54) is 0 Å². The van der Waals surface area contributed by atoms with Crippen LogP contribution >= 0.6 is 0 Å². The van der Waals surface area contributed by atoms with Gasteiger partial charge in [0.05, 0.1) is 11.4 Å². The molecule has 0 fully saturated rings. The number of anilines is 2. The minimum absolute atomic E-state index is 0.0909. The highest BCUT2D eigenvalue weighted by molar-refractivity contribution is 6.09. The van der Waals surface area contributed by atoms with Crippen LogP contribution in [-0.4, -0.2) is 25.0 Å². The van der Waals surface area contributed by atoms with Crippen LogP contribution in [0.5, 0.6) is 0 Å². The van der Waals surface area contributed by atoms with E-state index in [4.69, 9.17) is 0 Å². The molecule has 1 aliphatic heterocycles. The van der Waals surface area contributed by atoms with E-state index >= 15 is 0 Å². The summed E-state index contributed by atoms with van der Waals surface area (Å²) in [5, 5.41) is 0. The Morgan fingerprint density at radius 2 is 1.73 bits per heavy atom. The van der Waals surface area contributed by atoms with Gasteiger partial charge < -0.3 is 9.80 Å². The highest BCUT2D eigenvalue weighted by Crippen LogP contribution is 2.36. The van der Waals surface area contributed by atoms with Gasteiger partial charge in [0.15, 0.2) is 0 Å². The molecule has 0 aromatic heterocycles. The summed E-state index contributed by atoms with van der Waals surface area (Å²) in [5.41, 5.74) is 3.96. The van der Waals surface area contributed by atoms with Gasteiger partial charge in [-0.25, -0.2) is 0 Å². The Labute approximate surface area is 132 Å². The molecule has 0 N–H and O–H groups in total. The number of aryl methyl sites for hydroxylation is 1. The fourth-order valence-electron chi connectivity index (χ4n) is 3.27. The van der Waals surface area contributed by atoms with Crippen molar-refractivity contribution in [2.75, 3.05) is 22.9 Å². The predicted octanol–water partition coefficient (Wildman–Crippen LogP) is 3.87. The van der Waals surface area contributed by atoms with Crippen molar-refractivity contribution in [3.63, 3.8) is 0 Å². The van der Waals surface area contributed by atoms with Gasteiger partial charge in [-0.1, -0.05) is 30.3 Å². The first-order valence-electron chi connectivity index (χ1n) is 7.86. The largest absolute Gasteiger partial charge is 0.366 e. The molecule has 1 unspecified atom stereocenters. The second-order valence-corrected chi connectivity index (χ2v) is 5.85. The van der Waals surface area contributed by atoms with E-state index in [9.17, 15) is 4.79 Å². The molecule has 1 atom stereocenters. The van der Waals surface area contributed by atoms with Crippen molar-refractivity contribution in [3.05, 3.63) is 59.7 Å². The van der Waals surface area contributed by atoms with Crippen molar-refractivity contribution in [3.8, 4) is 0 Å². The average Bonchev–Trinajstić information content (AvgIpc) is 2.54. The van der Waals surface area contributed by atoms with E-state index in [0.29, 0.717) is 6.04 Å². The maximum atomic E-state index is 13.0. The number of nitrogens with zero attached hydrogens (tertiary/aromatic N) is 2. The normalized spacial score (nSPS) is 17.3. The van der Waals surface area contributed by atoms with Gasteiger partial charge in [0, 0.05) is 24.7 Å². The highest BCUT2D eigenvalue weighted by Gasteiger charge is 2.31. The molecular weight excluding hydrogens is 272 g/mol. The molecule has 3 rings (SSSR count). The van der Waals surface area contributed by atoms with Crippen molar-refractivity contribution in [1.82, 2.24) is 0 Å². The van der Waals surface area contributed by atoms with Crippen LogP contribution in [0.1, 0.15) is 29.8 Å². The Morgan fingerprint density at radius 1 is 1.09 bits per heavy atom. The van der Waals surface area contributed by atoms with E-state index in [0.717, 1.165) is 35.6 Å². The number of benzene rings is 2. The first-order valence-corrected chi connectivity index (χ1v) is 7.86. The number of carbonyl (C=O) groups is 1. The number of carbonyl (C=O) groups excluding carboxylic acids is 1. The summed E-state index contributed by atoms with van der Waals surface area (Å²) in [5.74, 6) is 0.0909. The molecule has 22 heavy (non-hydrogen) atoms. The Kier molecular flexibility index (Phi) is 3.88. The maximum absolute atomic E-state index is 13.0. The lowest BCUT2D eigenvalue weighted by molar-refractivity contribution is 0.0983. The molecule has 0 saturated heterocycles. The minimum atomic E-state index is 0.0909. The average molecular weight is 294 g/mol. The third-order valence-corrected chi connectivity index (χ3v) is 4.42. The van der Waals surface area contributed by atoms with E-state index < -0.39 is 0 Å². The predicted molar refractivity (Wildman–Crippen MR) is 91.8 cm³/mol. The lowest BCUT2D eigenvalue weighted by Crippen LogP contribution is -2.49. The molecule has 3 heteroatoms. The van der Waals surface area contributed by atoms with Gasteiger partial charge in [-0.15, -0.1) is 0 Å². The maximum Gasteiger partial charge on any atom is 0.258 e. The van der Waals surface area contributed by atoms with Crippen LogP contribution in [0.25, 0.3) is 0 Å². The zero-order valence-corrected chi connectivity index (χ0v) is 13.4. The van der Waals surface area contributed by atoms with Crippen molar-refractivity contribution in [2.24, 2.45) is 0 Å². The first-order chi connectivity index (χ1) is 10.6. The molecule has 2 aromatic carbocycles. The van der Waals surface area contributed by atoms with E-state index in [1.807, 2.05) is 54.3 Å². The van der Waals surface area contributed by atoms with Crippen LogP contribution in [0.15, 0.2) is 48.5 Å². The van der Waals surface area contributed by atoms with Gasteiger partial charge in [-0.05, 0) is 44.5 Å². The van der Waals surface area contributed by atoms with Crippen molar-refractivity contribution in [2.45, 2.75) is 26.8 Å². The molecule has 0 aliphatic carbocycles. The van der Waals surface area contributed by atoms with Gasteiger partial charge in [-0.2, -0.15) is 0 Å². The van der Waals surface area contributed by atoms with E-state index in [-0.39, 0.29) is 5.91 Å². The van der Waals surface area contributed by atoms with Gasteiger partial charge in [-0.3, -0.25) is 4.79 Å². The lowest BCUT2D eigenvalue weighted by Gasteiger charge is -2.42. The van der Waals surface area contributed by atoms with Crippen molar-refractivity contribution < 1.29 is 4.79 Å². The summed E-state index contributed by atoms with van der Waals surface area (Å²) in [6.45, 7) is 8.00. The first kappa shape index (κ1) is 14.6. The lowest BCUT2D eigenvalue weighted by atomic mass is 10.0. The standard InChI is InChI=1S/C19H22N2O/c1-4-20-15(3)13-21(18-12-8-7-11-17(18)20)19(22)16-10-6-5-9-14(16)2/h5-12,15H,4,13H2,1-3H3. The number of hydrogen-bond donors (Lipinski definition) is 0.